The Morgan fingerprint density at radius 2 is 2.11 bits per heavy atom. The smallest absolute Gasteiger partial charge is 0.271 e. The highest BCUT2D eigenvalue weighted by Gasteiger charge is 2.12. The molecule has 0 saturated heterocycles. The molecule has 0 atom stereocenters. The van der Waals surface area contributed by atoms with Crippen LogP contribution >= 0.6 is 0 Å². The molecule has 0 aliphatic heterocycles. The molecule has 1 heterocycles. The van der Waals surface area contributed by atoms with E-state index < -0.39 is 5.82 Å². The molecule has 2 aromatic rings. The lowest BCUT2D eigenvalue weighted by molar-refractivity contribution is 0.622. The van der Waals surface area contributed by atoms with Crippen molar-refractivity contribution in [2.75, 3.05) is 0 Å². The van der Waals surface area contributed by atoms with Crippen molar-refractivity contribution in [3.8, 4) is 5.69 Å². The molecular formula is C14H16FN3O. The Hall–Kier alpha value is -2.01. The second kappa shape index (κ2) is 5.32. The van der Waals surface area contributed by atoms with Crippen molar-refractivity contribution < 1.29 is 4.39 Å². The summed E-state index contributed by atoms with van der Waals surface area (Å²) in [5.41, 5.74) is 7.21. The fraction of sp³-hybridized carbons (Fsp3) is 0.286. The van der Waals surface area contributed by atoms with E-state index in [1.54, 1.807) is 12.1 Å². The standard InChI is InChI=1S/C14H16FN3O/c1-9(2)14-10(8-16)6-13(19)18(17-14)12-5-3-4-11(15)7-12/h3-7,9H,8,16H2,1-2H3. The van der Waals surface area contributed by atoms with Gasteiger partial charge in [0.25, 0.3) is 5.56 Å². The Morgan fingerprint density at radius 1 is 1.37 bits per heavy atom. The molecule has 0 aliphatic rings. The van der Waals surface area contributed by atoms with Gasteiger partial charge in [-0.1, -0.05) is 19.9 Å². The molecule has 0 spiro atoms. The maximum Gasteiger partial charge on any atom is 0.271 e. The van der Waals surface area contributed by atoms with Crippen LogP contribution in [-0.4, -0.2) is 9.78 Å². The minimum Gasteiger partial charge on any atom is -0.326 e. The van der Waals surface area contributed by atoms with Crippen LogP contribution in [0.5, 0.6) is 0 Å². The normalized spacial score (nSPS) is 11.0. The Bertz CT molecular complexity index is 649. The fourth-order valence-corrected chi connectivity index (χ4v) is 1.95. The first-order valence-electron chi connectivity index (χ1n) is 6.12. The lowest BCUT2D eigenvalue weighted by Crippen LogP contribution is -2.25. The molecule has 2 rings (SSSR count). The largest absolute Gasteiger partial charge is 0.326 e. The number of hydrogen-bond donors (Lipinski definition) is 1. The number of nitrogens with two attached hydrogens (primary N) is 1. The number of rotatable bonds is 3. The first-order valence-corrected chi connectivity index (χ1v) is 6.12. The van der Waals surface area contributed by atoms with E-state index in [-0.39, 0.29) is 18.0 Å². The van der Waals surface area contributed by atoms with E-state index in [0.717, 1.165) is 11.3 Å². The van der Waals surface area contributed by atoms with Crippen molar-refractivity contribution in [2.24, 2.45) is 5.73 Å². The predicted molar refractivity (Wildman–Crippen MR) is 71.8 cm³/mol. The maximum absolute atomic E-state index is 13.2. The topological polar surface area (TPSA) is 60.9 Å². The van der Waals surface area contributed by atoms with Gasteiger partial charge in [0.2, 0.25) is 0 Å². The number of benzene rings is 1. The second-order valence-electron chi connectivity index (χ2n) is 4.64. The zero-order valence-corrected chi connectivity index (χ0v) is 10.9. The van der Waals surface area contributed by atoms with E-state index in [0.29, 0.717) is 5.69 Å². The highest BCUT2D eigenvalue weighted by Crippen LogP contribution is 2.16. The minimum absolute atomic E-state index is 0.138. The molecule has 0 aliphatic carbocycles. The van der Waals surface area contributed by atoms with Gasteiger partial charge in [0.15, 0.2) is 0 Å². The number of nitrogens with zero attached hydrogens (tertiary/aromatic N) is 2. The molecule has 1 aromatic heterocycles. The number of aromatic nitrogens is 2. The van der Waals surface area contributed by atoms with Crippen molar-refractivity contribution in [3.05, 3.63) is 57.8 Å². The second-order valence-corrected chi connectivity index (χ2v) is 4.64. The average Bonchev–Trinajstić information content (AvgIpc) is 2.37. The maximum atomic E-state index is 13.2. The molecule has 0 fully saturated rings. The molecule has 0 bridgehead atoms. The molecule has 5 heteroatoms. The summed E-state index contributed by atoms with van der Waals surface area (Å²) in [4.78, 5) is 12.0. The fourth-order valence-electron chi connectivity index (χ4n) is 1.95. The summed E-state index contributed by atoms with van der Waals surface area (Å²) in [6.45, 7) is 4.21. The van der Waals surface area contributed by atoms with Crippen LogP contribution in [0, 0.1) is 5.82 Å². The van der Waals surface area contributed by atoms with E-state index in [1.165, 1.54) is 22.9 Å². The summed E-state index contributed by atoms with van der Waals surface area (Å²) in [6, 6.07) is 7.26. The van der Waals surface area contributed by atoms with Crippen LogP contribution in [-0.2, 0) is 6.54 Å². The zero-order valence-electron chi connectivity index (χ0n) is 10.9. The van der Waals surface area contributed by atoms with Crippen LogP contribution in [0.15, 0.2) is 35.1 Å². The van der Waals surface area contributed by atoms with Gasteiger partial charge < -0.3 is 5.73 Å². The van der Waals surface area contributed by atoms with Gasteiger partial charge in [0.1, 0.15) is 5.82 Å². The van der Waals surface area contributed by atoms with Crippen LogP contribution in [0.1, 0.15) is 31.0 Å². The third-order valence-corrected chi connectivity index (χ3v) is 2.86. The van der Waals surface area contributed by atoms with Crippen molar-refractivity contribution in [3.63, 3.8) is 0 Å². The van der Waals surface area contributed by atoms with Crippen LogP contribution in [0.4, 0.5) is 4.39 Å². The van der Waals surface area contributed by atoms with Gasteiger partial charge in [-0.15, -0.1) is 0 Å². The van der Waals surface area contributed by atoms with E-state index in [9.17, 15) is 9.18 Å². The van der Waals surface area contributed by atoms with Gasteiger partial charge >= 0.3 is 0 Å². The Morgan fingerprint density at radius 3 is 2.68 bits per heavy atom. The van der Waals surface area contributed by atoms with Gasteiger partial charge in [0.05, 0.1) is 11.4 Å². The molecule has 0 saturated carbocycles. The average molecular weight is 261 g/mol. The summed E-state index contributed by atoms with van der Waals surface area (Å²) in [5, 5.41) is 4.31. The van der Waals surface area contributed by atoms with Crippen molar-refractivity contribution in [2.45, 2.75) is 26.3 Å². The predicted octanol–water partition coefficient (Wildman–Crippen LogP) is 1.95. The molecule has 19 heavy (non-hydrogen) atoms. The van der Waals surface area contributed by atoms with E-state index >= 15 is 0 Å². The Balaban J connectivity index is 2.64. The summed E-state index contributed by atoms with van der Waals surface area (Å²) < 4.78 is 14.4. The van der Waals surface area contributed by atoms with Gasteiger partial charge in [-0.2, -0.15) is 9.78 Å². The Kier molecular flexibility index (Phi) is 3.76. The first-order chi connectivity index (χ1) is 9.02. The van der Waals surface area contributed by atoms with E-state index in [4.69, 9.17) is 5.73 Å². The third kappa shape index (κ3) is 2.71. The molecular weight excluding hydrogens is 245 g/mol. The molecule has 0 radical (unpaired) electrons. The highest BCUT2D eigenvalue weighted by atomic mass is 19.1. The van der Waals surface area contributed by atoms with Crippen LogP contribution in [0.3, 0.4) is 0 Å². The van der Waals surface area contributed by atoms with Gasteiger partial charge in [-0.25, -0.2) is 4.39 Å². The molecule has 1 aromatic carbocycles. The van der Waals surface area contributed by atoms with Gasteiger partial charge in [-0.3, -0.25) is 4.79 Å². The lowest BCUT2D eigenvalue weighted by atomic mass is 10.0. The minimum atomic E-state index is -0.403. The van der Waals surface area contributed by atoms with Crippen LogP contribution in [0.2, 0.25) is 0 Å². The summed E-state index contributed by atoms with van der Waals surface area (Å²) in [7, 11) is 0. The highest BCUT2D eigenvalue weighted by molar-refractivity contribution is 5.32. The first kappa shape index (κ1) is 13.4. The van der Waals surface area contributed by atoms with Crippen molar-refractivity contribution in [1.29, 1.82) is 0 Å². The van der Waals surface area contributed by atoms with Crippen molar-refractivity contribution >= 4 is 0 Å². The number of halogens is 1. The van der Waals surface area contributed by atoms with Gasteiger partial charge in [0, 0.05) is 12.6 Å². The van der Waals surface area contributed by atoms with E-state index in [2.05, 4.69) is 5.10 Å². The molecule has 0 unspecified atom stereocenters. The summed E-state index contributed by atoms with van der Waals surface area (Å²) in [5.74, 6) is -0.265. The lowest BCUT2D eigenvalue weighted by Gasteiger charge is -2.13. The van der Waals surface area contributed by atoms with E-state index in [1.807, 2.05) is 13.8 Å². The molecule has 100 valence electrons. The summed E-state index contributed by atoms with van der Waals surface area (Å²) in [6.07, 6.45) is 0. The van der Waals surface area contributed by atoms with Crippen LogP contribution in [0.25, 0.3) is 5.69 Å². The third-order valence-electron chi connectivity index (χ3n) is 2.86. The Labute approximate surface area is 110 Å². The number of hydrogen-bond acceptors (Lipinski definition) is 3. The SMILES string of the molecule is CC(C)c1nn(-c2cccc(F)c2)c(=O)cc1CN. The molecule has 4 nitrogen and oxygen atoms in total. The van der Waals surface area contributed by atoms with Crippen molar-refractivity contribution in [1.82, 2.24) is 9.78 Å². The van der Waals surface area contributed by atoms with Gasteiger partial charge in [-0.05, 0) is 29.7 Å². The summed E-state index contributed by atoms with van der Waals surface area (Å²) >= 11 is 0. The zero-order chi connectivity index (χ0) is 14.0. The molecule has 0 amide bonds. The monoisotopic (exact) mass is 261 g/mol. The van der Waals surface area contributed by atoms with Crippen LogP contribution < -0.4 is 11.3 Å². The molecule has 2 N–H and O–H groups in total. The quantitative estimate of drug-likeness (QED) is 0.918.